The molecule has 1 amide bonds. The van der Waals surface area contributed by atoms with Gasteiger partial charge in [-0.2, -0.15) is 0 Å². The number of nitrogens with zero attached hydrogens (tertiary/aromatic N) is 5. The lowest BCUT2D eigenvalue weighted by Crippen LogP contribution is -2.39. The minimum Gasteiger partial charge on any atom is -0.339 e. The normalized spacial score (nSPS) is 17.0. The highest BCUT2D eigenvalue weighted by Crippen LogP contribution is 2.29. The molecule has 0 bridgehead atoms. The molecule has 0 atom stereocenters. The minimum atomic E-state index is -0.786. The summed E-state index contributed by atoms with van der Waals surface area (Å²) in [6.45, 7) is 3.42. The predicted octanol–water partition coefficient (Wildman–Crippen LogP) is 1.87. The minimum absolute atomic E-state index is 0. The van der Waals surface area contributed by atoms with Crippen LogP contribution in [0.5, 0.6) is 0 Å². The summed E-state index contributed by atoms with van der Waals surface area (Å²) < 4.78 is 15.8. The number of hydrogen-bond donors (Lipinski definition) is 1. The number of likely N-dealkylation sites (tertiary alicyclic amines) is 1. The second-order valence-electron chi connectivity index (χ2n) is 6.82. The first-order valence-electron chi connectivity index (χ1n) is 8.90. The van der Waals surface area contributed by atoms with Crippen LogP contribution in [0.4, 0.5) is 10.1 Å². The molecule has 9 nitrogen and oxygen atoms in total. The van der Waals surface area contributed by atoms with E-state index < -0.39 is 16.4 Å². The number of benzene rings is 1. The van der Waals surface area contributed by atoms with Gasteiger partial charge in [0.25, 0.3) is 11.6 Å². The molecule has 1 aromatic carbocycles. The Hall–Kier alpha value is -2.59. The Balaban J connectivity index is 0.00000225. The number of carbonyl (C=O) groups excluding carboxylic acids is 1. The molecule has 0 unspecified atom stereocenters. The molecule has 0 radical (unpaired) electrons. The van der Waals surface area contributed by atoms with Gasteiger partial charge in [-0.15, -0.1) is 22.6 Å². The number of rotatable bonds is 3. The van der Waals surface area contributed by atoms with Gasteiger partial charge in [-0.25, -0.2) is 4.39 Å². The molecule has 11 heteroatoms. The average Bonchev–Trinajstić information content (AvgIpc) is 3.11. The molecule has 1 fully saturated rings. The third-order valence-electron chi connectivity index (χ3n) is 5.14. The first-order chi connectivity index (χ1) is 13.0. The third-order valence-corrected chi connectivity index (χ3v) is 5.14. The van der Waals surface area contributed by atoms with Crippen molar-refractivity contribution in [2.45, 2.75) is 31.8 Å². The molecule has 1 N–H and O–H groups in total. The number of carbonyl (C=O) groups is 1. The van der Waals surface area contributed by atoms with Gasteiger partial charge in [-0.05, 0) is 18.9 Å². The molecule has 1 aromatic heterocycles. The van der Waals surface area contributed by atoms with Gasteiger partial charge in [0, 0.05) is 43.7 Å². The zero-order valence-electron chi connectivity index (χ0n) is 15.0. The van der Waals surface area contributed by atoms with Crippen LogP contribution in [-0.4, -0.2) is 50.1 Å². The Morgan fingerprint density at radius 1 is 1.21 bits per heavy atom. The lowest BCUT2D eigenvalue weighted by molar-refractivity contribution is -0.385. The van der Waals surface area contributed by atoms with Gasteiger partial charge in [0.15, 0.2) is 0 Å². The highest BCUT2D eigenvalue weighted by molar-refractivity contribution is 5.95. The van der Waals surface area contributed by atoms with Crippen LogP contribution in [0, 0.1) is 15.9 Å². The summed E-state index contributed by atoms with van der Waals surface area (Å²) in [6, 6.07) is 2.98. The summed E-state index contributed by atoms with van der Waals surface area (Å²) in [5.41, 5.74) is -0.414. The molecule has 1 saturated heterocycles. The van der Waals surface area contributed by atoms with E-state index in [1.165, 1.54) is 0 Å². The lowest BCUT2D eigenvalue weighted by atomic mass is 9.95. The van der Waals surface area contributed by atoms with Gasteiger partial charge < -0.3 is 14.8 Å². The van der Waals surface area contributed by atoms with Crippen LogP contribution < -0.4 is 5.32 Å². The molecular formula is C17H20ClFN6O3. The topological polar surface area (TPSA) is 106 Å². The standard InChI is InChI=1S/C17H19FN6O3.ClH/c18-13-7-12(8-14(9-13)24(26)27)17(25)22-4-1-11(2-5-22)16-21-20-15-10-19-3-6-23(15)16;/h7-9,11,19H,1-6,10H2;1H. The number of hydrogen-bond acceptors (Lipinski definition) is 6. The summed E-state index contributed by atoms with van der Waals surface area (Å²) in [5, 5.41) is 22.7. The number of aromatic nitrogens is 3. The van der Waals surface area contributed by atoms with E-state index in [9.17, 15) is 19.3 Å². The van der Waals surface area contributed by atoms with Crippen LogP contribution in [0.3, 0.4) is 0 Å². The Morgan fingerprint density at radius 3 is 2.68 bits per heavy atom. The predicted molar refractivity (Wildman–Crippen MR) is 99.9 cm³/mol. The fourth-order valence-corrected chi connectivity index (χ4v) is 3.74. The van der Waals surface area contributed by atoms with Crippen molar-refractivity contribution in [2.75, 3.05) is 19.6 Å². The number of non-ortho nitro benzene ring substituents is 1. The van der Waals surface area contributed by atoms with Crippen molar-refractivity contribution in [1.29, 1.82) is 0 Å². The monoisotopic (exact) mass is 410 g/mol. The summed E-state index contributed by atoms with van der Waals surface area (Å²) in [5.74, 6) is 0.937. The Kier molecular flexibility index (Phi) is 5.90. The number of fused-ring (bicyclic) bond motifs is 1. The lowest BCUT2D eigenvalue weighted by Gasteiger charge is -2.32. The van der Waals surface area contributed by atoms with Crippen molar-refractivity contribution in [3.8, 4) is 0 Å². The summed E-state index contributed by atoms with van der Waals surface area (Å²) >= 11 is 0. The van der Waals surface area contributed by atoms with Crippen molar-refractivity contribution in [1.82, 2.24) is 25.0 Å². The summed E-state index contributed by atoms with van der Waals surface area (Å²) in [6.07, 6.45) is 1.46. The highest BCUT2D eigenvalue weighted by atomic mass is 35.5. The number of amides is 1. The fraction of sp³-hybridized carbons (Fsp3) is 0.471. The van der Waals surface area contributed by atoms with E-state index in [1.54, 1.807) is 4.90 Å². The van der Waals surface area contributed by atoms with Crippen LogP contribution >= 0.6 is 12.4 Å². The van der Waals surface area contributed by atoms with E-state index >= 15 is 0 Å². The number of nitro benzene ring substituents is 1. The molecule has 3 heterocycles. The Labute approximate surface area is 166 Å². The largest absolute Gasteiger partial charge is 0.339 e. The van der Waals surface area contributed by atoms with E-state index in [0.717, 1.165) is 55.8 Å². The van der Waals surface area contributed by atoms with Crippen molar-refractivity contribution >= 4 is 24.0 Å². The van der Waals surface area contributed by atoms with E-state index in [1.807, 2.05) is 0 Å². The SMILES string of the molecule is Cl.O=C(c1cc(F)cc([N+](=O)[O-])c1)N1CCC(c2nnc3n2CCNC3)CC1. The molecule has 0 saturated carbocycles. The molecule has 4 rings (SSSR count). The van der Waals surface area contributed by atoms with Gasteiger partial charge in [0.05, 0.1) is 17.5 Å². The number of piperidine rings is 1. The zero-order valence-corrected chi connectivity index (χ0v) is 15.8. The van der Waals surface area contributed by atoms with Crippen molar-refractivity contribution in [3.05, 3.63) is 51.3 Å². The number of nitrogens with one attached hydrogen (secondary N) is 1. The van der Waals surface area contributed by atoms with E-state index in [2.05, 4.69) is 20.1 Å². The van der Waals surface area contributed by atoms with Crippen LogP contribution in [0.25, 0.3) is 0 Å². The number of halogens is 2. The van der Waals surface area contributed by atoms with Gasteiger partial charge in [-0.3, -0.25) is 14.9 Å². The quantitative estimate of drug-likeness (QED) is 0.611. The maximum atomic E-state index is 13.6. The van der Waals surface area contributed by atoms with Gasteiger partial charge in [0.2, 0.25) is 0 Å². The smallest absolute Gasteiger partial charge is 0.273 e. The van der Waals surface area contributed by atoms with Crippen molar-refractivity contribution in [3.63, 3.8) is 0 Å². The Morgan fingerprint density at radius 2 is 1.96 bits per heavy atom. The van der Waals surface area contributed by atoms with Gasteiger partial charge >= 0.3 is 0 Å². The van der Waals surface area contributed by atoms with Crippen molar-refractivity contribution in [2.24, 2.45) is 0 Å². The summed E-state index contributed by atoms with van der Waals surface area (Å²) in [7, 11) is 0. The number of nitro groups is 1. The van der Waals surface area contributed by atoms with Crippen LogP contribution in [0.2, 0.25) is 0 Å². The summed E-state index contributed by atoms with van der Waals surface area (Å²) in [4.78, 5) is 24.5. The first kappa shape index (κ1) is 20.2. The zero-order chi connectivity index (χ0) is 19.0. The highest BCUT2D eigenvalue weighted by Gasteiger charge is 2.29. The van der Waals surface area contributed by atoms with Crippen LogP contribution in [0.1, 0.15) is 40.8 Å². The van der Waals surface area contributed by atoms with Crippen LogP contribution in [0.15, 0.2) is 18.2 Å². The Bertz CT molecular complexity index is 897. The first-order valence-corrected chi connectivity index (χ1v) is 8.90. The molecular weight excluding hydrogens is 391 g/mol. The van der Waals surface area contributed by atoms with Gasteiger partial charge in [0.1, 0.15) is 17.5 Å². The van der Waals surface area contributed by atoms with Crippen LogP contribution in [-0.2, 0) is 13.1 Å². The van der Waals surface area contributed by atoms with E-state index in [0.29, 0.717) is 19.6 Å². The molecule has 2 aliphatic rings. The molecule has 28 heavy (non-hydrogen) atoms. The maximum absolute atomic E-state index is 13.6. The molecule has 2 aliphatic heterocycles. The van der Waals surface area contributed by atoms with Crippen molar-refractivity contribution < 1.29 is 14.1 Å². The van der Waals surface area contributed by atoms with E-state index in [-0.39, 0.29) is 29.8 Å². The molecule has 0 spiro atoms. The maximum Gasteiger partial charge on any atom is 0.273 e. The van der Waals surface area contributed by atoms with E-state index in [4.69, 9.17) is 0 Å². The van der Waals surface area contributed by atoms with Gasteiger partial charge in [-0.1, -0.05) is 0 Å². The average molecular weight is 411 g/mol. The molecule has 150 valence electrons. The molecule has 0 aliphatic carbocycles. The third kappa shape index (κ3) is 3.83. The second kappa shape index (κ2) is 8.19. The molecule has 2 aromatic rings. The fourth-order valence-electron chi connectivity index (χ4n) is 3.74. The second-order valence-corrected chi connectivity index (χ2v) is 6.82.